The molecule has 1 aromatic heterocycles. The number of rotatable bonds is 6. The first-order valence-electron chi connectivity index (χ1n) is 6.11. The number of hydrogen-bond donors (Lipinski definition) is 1. The van der Waals surface area contributed by atoms with Gasteiger partial charge in [0.25, 0.3) is 0 Å². The molecule has 0 amide bonds. The quantitative estimate of drug-likeness (QED) is 0.814. The van der Waals surface area contributed by atoms with Crippen molar-refractivity contribution in [1.82, 2.24) is 10.3 Å². The van der Waals surface area contributed by atoms with Crippen molar-refractivity contribution < 1.29 is 13.5 Å². The lowest BCUT2D eigenvalue weighted by molar-refractivity contribution is 0.198. The van der Waals surface area contributed by atoms with Crippen molar-refractivity contribution in [3.63, 3.8) is 0 Å². The summed E-state index contributed by atoms with van der Waals surface area (Å²) in [5.41, 5.74) is 1.55. The van der Waals surface area contributed by atoms with Crippen LogP contribution in [0.3, 0.4) is 0 Å². The maximum absolute atomic E-state index is 13.3. The third kappa shape index (κ3) is 3.87. The van der Waals surface area contributed by atoms with Crippen molar-refractivity contribution in [3.8, 4) is 11.3 Å². The lowest BCUT2D eigenvalue weighted by Crippen LogP contribution is -2.18. The van der Waals surface area contributed by atoms with E-state index in [0.717, 1.165) is 12.1 Å². The van der Waals surface area contributed by atoms with Gasteiger partial charge in [-0.1, -0.05) is 0 Å². The molecule has 102 valence electrons. The molecule has 0 unspecified atom stereocenters. The van der Waals surface area contributed by atoms with Gasteiger partial charge in [-0.25, -0.2) is 9.37 Å². The predicted molar refractivity (Wildman–Crippen MR) is 70.2 cm³/mol. The van der Waals surface area contributed by atoms with Gasteiger partial charge in [0.2, 0.25) is 5.89 Å². The number of aryl methyl sites for hydroxylation is 1. The molecule has 0 bridgehead atoms. The van der Waals surface area contributed by atoms with Gasteiger partial charge in [-0.3, -0.25) is 0 Å². The number of nitrogens with zero attached hydrogens (tertiary/aromatic N) is 1. The molecule has 0 aliphatic heterocycles. The summed E-state index contributed by atoms with van der Waals surface area (Å²) in [7, 11) is 1.65. The number of ether oxygens (including phenoxy) is 1. The summed E-state index contributed by atoms with van der Waals surface area (Å²) in [5.74, 6) is 0.880. The van der Waals surface area contributed by atoms with Gasteiger partial charge in [0, 0.05) is 19.2 Å². The Bertz CT molecular complexity index is 520. The second-order valence-electron chi connectivity index (χ2n) is 4.31. The predicted octanol–water partition coefficient (Wildman–Crippen LogP) is 2.53. The second-order valence-corrected chi connectivity index (χ2v) is 4.31. The van der Waals surface area contributed by atoms with Crippen LogP contribution in [0.4, 0.5) is 4.39 Å². The Morgan fingerprint density at radius 3 is 2.95 bits per heavy atom. The summed E-state index contributed by atoms with van der Waals surface area (Å²) >= 11 is 0. The molecular weight excluding hydrogens is 247 g/mol. The Hall–Kier alpha value is -1.72. The largest absolute Gasteiger partial charge is 0.439 e. The molecular formula is C14H17FN2O2. The lowest BCUT2D eigenvalue weighted by atomic mass is 10.1. The monoisotopic (exact) mass is 264 g/mol. The van der Waals surface area contributed by atoms with Gasteiger partial charge in [-0.05, 0) is 30.7 Å². The summed E-state index contributed by atoms with van der Waals surface area (Å²) < 4.78 is 23.8. The number of nitrogens with one attached hydrogen (secondary N) is 1. The number of oxazole rings is 1. The van der Waals surface area contributed by atoms with Crippen LogP contribution in [0.15, 0.2) is 28.8 Å². The van der Waals surface area contributed by atoms with E-state index in [9.17, 15) is 4.39 Å². The van der Waals surface area contributed by atoms with Crippen LogP contribution in [-0.4, -0.2) is 25.2 Å². The van der Waals surface area contributed by atoms with Gasteiger partial charge in [-0.15, -0.1) is 0 Å². The molecule has 4 nitrogen and oxygen atoms in total. The van der Waals surface area contributed by atoms with Gasteiger partial charge < -0.3 is 14.5 Å². The van der Waals surface area contributed by atoms with Gasteiger partial charge in [0.1, 0.15) is 5.82 Å². The topological polar surface area (TPSA) is 47.3 Å². The van der Waals surface area contributed by atoms with Crippen LogP contribution >= 0.6 is 0 Å². The summed E-state index contributed by atoms with van der Waals surface area (Å²) in [4.78, 5) is 4.16. The summed E-state index contributed by atoms with van der Waals surface area (Å²) in [5, 5.41) is 3.13. The number of aromatic nitrogens is 1. The minimum Gasteiger partial charge on any atom is -0.439 e. The normalized spacial score (nSPS) is 10.9. The van der Waals surface area contributed by atoms with Crippen LogP contribution in [0.5, 0.6) is 0 Å². The molecule has 0 aliphatic carbocycles. The van der Waals surface area contributed by atoms with Crippen molar-refractivity contribution >= 4 is 0 Å². The molecule has 5 heteroatoms. The van der Waals surface area contributed by atoms with E-state index in [1.165, 1.54) is 12.1 Å². The minimum absolute atomic E-state index is 0.272. The van der Waals surface area contributed by atoms with Crippen molar-refractivity contribution in [2.75, 3.05) is 20.3 Å². The molecule has 0 saturated heterocycles. The molecule has 0 spiro atoms. The van der Waals surface area contributed by atoms with Gasteiger partial charge in [0.05, 0.1) is 19.3 Å². The molecule has 0 fully saturated rings. The highest BCUT2D eigenvalue weighted by Gasteiger charge is 2.07. The Balaban J connectivity index is 2.03. The fraction of sp³-hybridized carbons (Fsp3) is 0.357. The zero-order chi connectivity index (χ0) is 13.7. The van der Waals surface area contributed by atoms with Gasteiger partial charge in [0.15, 0.2) is 5.76 Å². The van der Waals surface area contributed by atoms with Crippen molar-refractivity contribution in [1.29, 1.82) is 0 Å². The highest BCUT2D eigenvalue weighted by molar-refractivity contribution is 5.57. The van der Waals surface area contributed by atoms with Crippen molar-refractivity contribution in [2.24, 2.45) is 0 Å². The number of hydrogen-bond acceptors (Lipinski definition) is 4. The Morgan fingerprint density at radius 2 is 2.21 bits per heavy atom. The maximum atomic E-state index is 13.3. The molecule has 0 radical (unpaired) electrons. The second kappa shape index (κ2) is 6.45. The molecule has 2 aromatic rings. The van der Waals surface area contributed by atoms with Crippen LogP contribution in [0.2, 0.25) is 0 Å². The highest BCUT2D eigenvalue weighted by atomic mass is 19.1. The third-order valence-corrected chi connectivity index (χ3v) is 2.64. The van der Waals surface area contributed by atoms with Crippen molar-refractivity contribution in [2.45, 2.75) is 13.5 Å². The molecule has 2 rings (SSSR count). The molecule has 19 heavy (non-hydrogen) atoms. The summed E-state index contributed by atoms with van der Waals surface area (Å²) in [6.07, 6.45) is 1.61. The highest BCUT2D eigenvalue weighted by Crippen LogP contribution is 2.22. The first-order chi connectivity index (χ1) is 9.19. The molecule has 0 saturated carbocycles. The van der Waals surface area contributed by atoms with Crippen LogP contribution in [0.1, 0.15) is 11.5 Å². The molecule has 0 atom stereocenters. The van der Waals surface area contributed by atoms with Crippen LogP contribution < -0.4 is 5.32 Å². The summed E-state index contributed by atoms with van der Waals surface area (Å²) in [6, 6.07) is 4.79. The smallest absolute Gasteiger partial charge is 0.208 e. The average molecular weight is 264 g/mol. The zero-order valence-corrected chi connectivity index (χ0v) is 11.1. The standard InChI is InChI=1S/C14H17FN2O2/c1-10-5-11(7-12(15)6-10)13-8-17-14(19-13)9-16-3-4-18-2/h5-8,16H,3-4,9H2,1-2H3. The SMILES string of the molecule is COCCNCc1ncc(-c2cc(C)cc(F)c2)o1. The van der Waals surface area contributed by atoms with Crippen LogP contribution in [0, 0.1) is 12.7 Å². The van der Waals surface area contributed by atoms with Crippen molar-refractivity contribution in [3.05, 3.63) is 41.7 Å². The van der Waals surface area contributed by atoms with E-state index in [0.29, 0.717) is 30.4 Å². The first-order valence-corrected chi connectivity index (χ1v) is 6.11. The third-order valence-electron chi connectivity index (χ3n) is 2.64. The number of methoxy groups -OCH3 is 1. The van der Waals surface area contributed by atoms with E-state index >= 15 is 0 Å². The first kappa shape index (κ1) is 13.7. The number of halogens is 1. The Labute approximate surface area is 111 Å². The maximum Gasteiger partial charge on any atom is 0.208 e. The van der Waals surface area contributed by atoms with E-state index in [-0.39, 0.29) is 5.82 Å². The lowest BCUT2D eigenvalue weighted by Gasteiger charge is -2.01. The van der Waals surface area contributed by atoms with E-state index < -0.39 is 0 Å². The molecule has 0 aliphatic rings. The van der Waals surface area contributed by atoms with E-state index in [1.807, 2.05) is 13.0 Å². The Kier molecular flexibility index (Phi) is 4.65. The van der Waals surface area contributed by atoms with Crippen LogP contribution in [-0.2, 0) is 11.3 Å². The fourth-order valence-electron chi connectivity index (χ4n) is 1.77. The van der Waals surface area contributed by atoms with E-state index in [4.69, 9.17) is 9.15 Å². The van der Waals surface area contributed by atoms with Crippen LogP contribution in [0.25, 0.3) is 11.3 Å². The van der Waals surface area contributed by atoms with E-state index in [1.54, 1.807) is 13.3 Å². The molecule has 1 aromatic carbocycles. The van der Waals surface area contributed by atoms with Gasteiger partial charge >= 0.3 is 0 Å². The fourth-order valence-corrected chi connectivity index (χ4v) is 1.77. The minimum atomic E-state index is -0.272. The molecule has 1 heterocycles. The van der Waals surface area contributed by atoms with E-state index in [2.05, 4.69) is 10.3 Å². The number of benzene rings is 1. The summed E-state index contributed by atoms with van der Waals surface area (Å²) in [6.45, 7) is 3.73. The van der Waals surface area contributed by atoms with Gasteiger partial charge in [-0.2, -0.15) is 0 Å². The molecule has 1 N–H and O–H groups in total. The Morgan fingerprint density at radius 1 is 1.37 bits per heavy atom. The zero-order valence-electron chi connectivity index (χ0n) is 11.1. The average Bonchev–Trinajstić information content (AvgIpc) is 2.82.